The first-order valence-electron chi connectivity index (χ1n) is 4.23. The molecule has 0 bridgehead atoms. The quantitative estimate of drug-likeness (QED) is 0.651. The van der Waals surface area contributed by atoms with Gasteiger partial charge in [-0.15, -0.1) is 12.4 Å². The molecule has 0 aromatic carbocycles. The topological polar surface area (TPSA) is 32.3 Å². The summed E-state index contributed by atoms with van der Waals surface area (Å²) in [5, 5.41) is 12.1. The zero-order valence-electron chi connectivity index (χ0n) is 6.98. The number of fused-ring (bicyclic) bond motifs is 1. The lowest BCUT2D eigenvalue weighted by Gasteiger charge is -2.30. The van der Waals surface area contributed by atoms with Crippen LogP contribution in [0.1, 0.15) is 19.3 Å². The Labute approximate surface area is 77.9 Å². The molecule has 2 nitrogen and oxygen atoms in total. The third-order valence-corrected chi connectivity index (χ3v) is 3.35. The van der Waals surface area contributed by atoms with E-state index in [-0.39, 0.29) is 19.0 Å². The van der Waals surface area contributed by atoms with Crippen LogP contribution in [0.15, 0.2) is 0 Å². The number of nitrogens with one attached hydrogen (secondary N) is 1. The highest BCUT2D eigenvalue weighted by atomic mass is 35.5. The summed E-state index contributed by atoms with van der Waals surface area (Å²) in [7, 11) is 0. The molecule has 12 heavy (non-hydrogen) atoms. The van der Waals surface area contributed by atoms with Gasteiger partial charge in [-0.05, 0) is 19.3 Å². The molecular weight excluding hydrogens is 181 g/mol. The van der Waals surface area contributed by atoms with Gasteiger partial charge in [0.1, 0.15) is 5.67 Å². The lowest BCUT2D eigenvalue weighted by molar-refractivity contribution is 0.0203. The van der Waals surface area contributed by atoms with Gasteiger partial charge in [-0.3, -0.25) is 0 Å². The van der Waals surface area contributed by atoms with Crippen molar-refractivity contribution in [2.45, 2.75) is 24.9 Å². The van der Waals surface area contributed by atoms with Crippen LogP contribution in [-0.4, -0.2) is 30.5 Å². The van der Waals surface area contributed by atoms with Crippen LogP contribution in [0, 0.1) is 5.41 Å². The molecule has 0 spiro atoms. The number of hydrogen-bond acceptors (Lipinski definition) is 2. The standard InChI is InChI=1S/C8H14FNO.ClH/c9-8-3-1-2-7(8,6-11)4-10-5-8;/h10-11H,1-6H2;1H. The Morgan fingerprint density at radius 2 is 2.08 bits per heavy atom. The third kappa shape index (κ3) is 1.07. The molecule has 2 fully saturated rings. The maximum absolute atomic E-state index is 13.9. The van der Waals surface area contributed by atoms with Crippen LogP contribution in [0.25, 0.3) is 0 Å². The van der Waals surface area contributed by atoms with Crippen LogP contribution >= 0.6 is 12.4 Å². The Morgan fingerprint density at radius 3 is 2.67 bits per heavy atom. The number of rotatable bonds is 1. The normalized spacial score (nSPS) is 45.5. The number of aliphatic hydroxyl groups excluding tert-OH is 1. The van der Waals surface area contributed by atoms with Crippen LogP contribution in [0.3, 0.4) is 0 Å². The monoisotopic (exact) mass is 195 g/mol. The predicted molar refractivity (Wildman–Crippen MR) is 47.3 cm³/mol. The molecule has 0 aromatic heterocycles. The van der Waals surface area contributed by atoms with E-state index in [2.05, 4.69) is 5.32 Å². The zero-order valence-corrected chi connectivity index (χ0v) is 7.79. The second-order valence-corrected chi connectivity index (χ2v) is 3.86. The van der Waals surface area contributed by atoms with Gasteiger partial charge < -0.3 is 10.4 Å². The molecule has 1 aliphatic heterocycles. The van der Waals surface area contributed by atoms with Crippen molar-refractivity contribution in [3.8, 4) is 0 Å². The Balaban J connectivity index is 0.000000720. The second kappa shape index (κ2) is 3.13. The molecule has 72 valence electrons. The maximum atomic E-state index is 13.9. The van der Waals surface area contributed by atoms with E-state index in [9.17, 15) is 4.39 Å². The molecule has 4 heteroatoms. The van der Waals surface area contributed by atoms with E-state index >= 15 is 0 Å². The van der Waals surface area contributed by atoms with E-state index in [0.717, 1.165) is 12.8 Å². The lowest BCUT2D eigenvalue weighted by atomic mass is 9.79. The van der Waals surface area contributed by atoms with E-state index in [4.69, 9.17) is 5.11 Å². The fourth-order valence-corrected chi connectivity index (χ4v) is 2.50. The highest BCUT2D eigenvalue weighted by Crippen LogP contribution is 2.50. The molecule has 2 N–H and O–H groups in total. The fraction of sp³-hybridized carbons (Fsp3) is 1.00. The van der Waals surface area contributed by atoms with Crippen molar-refractivity contribution < 1.29 is 9.50 Å². The summed E-state index contributed by atoms with van der Waals surface area (Å²) in [5.74, 6) is 0. The summed E-state index contributed by atoms with van der Waals surface area (Å²) in [5.41, 5.74) is -1.55. The highest BCUT2D eigenvalue weighted by molar-refractivity contribution is 5.85. The summed E-state index contributed by atoms with van der Waals surface area (Å²) in [6.07, 6.45) is 2.40. The van der Waals surface area contributed by atoms with Crippen LogP contribution in [0.5, 0.6) is 0 Å². The zero-order chi connectivity index (χ0) is 7.95. The van der Waals surface area contributed by atoms with Crippen LogP contribution in [-0.2, 0) is 0 Å². The average molecular weight is 196 g/mol. The third-order valence-electron chi connectivity index (χ3n) is 3.35. The van der Waals surface area contributed by atoms with Crippen molar-refractivity contribution in [3.63, 3.8) is 0 Å². The summed E-state index contributed by atoms with van der Waals surface area (Å²) < 4.78 is 13.9. The van der Waals surface area contributed by atoms with Crippen molar-refractivity contribution in [3.05, 3.63) is 0 Å². The summed E-state index contributed by atoms with van der Waals surface area (Å²) in [6.45, 7) is 1.09. The molecule has 1 saturated carbocycles. The molecule has 2 rings (SSSR count). The molecule has 2 aliphatic rings. The van der Waals surface area contributed by atoms with Gasteiger partial charge in [-0.2, -0.15) is 0 Å². The molecule has 0 amide bonds. The molecular formula is C8H15ClFNO. The fourth-order valence-electron chi connectivity index (χ4n) is 2.50. The van der Waals surface area contributed by atoms with Gasteiger partial charge in [0.25, 0.3) is 0 Å². The minimum Gasteiger partial charge on any atom is -0.396 e. The van der Waals surface area contributed by atoms with E-state index in [1.807, 2.05) is 0 Å². The van der Waals surface area contributed by atoms with Gasteiger partial charge in [0.15, 0.2) is 0 Å². The van der Waals surface area contributed by atoms with Gasteiger partial charge in [0.2, 0.25) is 0 Å². The van der Waals surface area contributed by atoms with Crippen LogP contribution in [0.4, 0.5) is 4.39 Å². The number of aliphatic hydroxyl groups is 1. The largest absolute Gasteiger partial charge is 0.396 e. The van der Waals surface area contributed by atoms with Crippen LogP contribution < -0.4 is 5.32 Å². The molecule has 1 saturated heterocycles. The Hall–Kier alpha value is 0.140. The van der Waals surface area contributed by atoms with Gasteiger partial charge in [-0.1, -0.05) is 0 Å². The Kier molecular flexibility index (Phi) is 2.66. The van der Waals surface area contributed by atoms with Gasteiger partial charge in [-0.25, -0.2) is 4.39 Å². The Bertz CT molecular complexity index is 166. The average Bonchev–Trinajstić information content (AvgIpc) is 2.41. The summed E-state index contributed by atoms with van der Waals surface area (Å²) in [6, 6.07) is 0. The SMILES string of the molecule is Cl.OCC12CCCC1(F)CNC2. The van der Waals surface area contributed by atoms with Crippen LogP contribution in [0.2, 0.25) is 0 Å². The Morgan fingerprint density at radius 1 is 1.33 bits per heavy atom. The van der Waals surface area contributed by atoms with E-state index < -0.39 is 11.1 Å². The minimum absolute atomic E-state index is 0. The maximum Gasteiger partial charge on any atom is 0.132 e. The van der Waals surface area contributed by atoms with Crippen molar-refractivity contribution in [2.75, 3.05) is 19.7 Å². The molecule has 2 unspecified atom stereocenters. The number of halogens is 2. The van der Waals surface area contributed by atoms with Crippen molar-refractivity contribution in [1.29, 1.82) is 0 Å². The van der Waals surface area contributed by atoms with E-state index in [1.165, 1.54) is 0 Å². The molecule has 2 atom stereocenters. The van der Waals surface area contributed by atoms with E-state index in [0.29, 0.717) is 19.5 Å². The molecule has 1 heterocycles. The van der Waals surface area contributed by atoms with E-state index in [1.54, 1.807) is 0 Å². The van der Waals surface area contributed by atoms with Gasteiger partial charge >= 0.3 is 0 Å². The van der Waals surface area contributed by atoms with Gasteiger partial charge in [0.05, 0.1) is 6.61 Å². The second-order valence-electron chi connectivity index (χ2n) is 3.86. The minimum atomic E-state index is -1.11. The van der Waals surface area contributed by atoms with Crippen molar-refractivity contribution in [2.24, 2.45) is 5.41 Å². The first-order chi connectivity index (χ1) is 5.22. The highest BCUT2D eigenvalue weighted by Gasteiger charge is 2.58. The molecule has 1 aliphatic carbocycles. The molecule has 0 aromatic rings. The summed E-state index contributed by atoms with van der Waals surface area (Å²) in [4.78, 5) is 0. The number of hydrogen-bond donors (Lipinski definition) is 2. The summed E-state index contributed by atoms with van der Waals surface area (Å²) >= 11 is 0. The van der Waals surface area contributed by atoms with Gasteiger partial charge in [0, 0.05) is 18.5 Å². The predicted octanol–water partition coefficient (Wildman–Crippen LogP) is 0.882. The van der Waals surface area contributed by atoms with Crippen molar-refractivity contribution in [1.82, 2.24) is 5.32 Å². The number of alkyl halides is 1. The first-order valence-corrected chi connectivity index (χ1v) is 4.23. The molecule has 0 radical (unpaired) electrons. The first kappa shape index (κ1) is 10.2. The van der Waals surface area contributed by atoms with Crippen molar-refractivity contribution >= 4 is 12.4 Å². The lowest BCUT2D eigenvalue weighted by Crippen LogP contribution is -2.41. The smallest absolute Gasteiger partial charge is 0.132 e.